The van der Waals surface area contributed by atoms with Gasteiger partial charge in [0.25, 0.3) is 0 Å². The van der Waals surface area contributed by atoms with Gasteiger partial charge in [0, 0.05) is 5.39 Å². The van der Waals surface area contributed by atoms with Gasteiger partial charge in [-0.05, 0) is 22.0 Å². The molecule has 18 heavy (non-hydrogen) atoms. The van der Waals surface area contributed by atoms with Gasteiger partial charge in [-0.15, -0.1) is 0 Å². The summed E-state index contributed by atoms with van der Waals surface area (Å²) in [7, 11) is 0. The predicted molar refractivity (Wildman–Crippen MR) is 56.2 cm³/mol. The molecule has 2 rings (SSSR count). The fourth-order valence-electron chi connectivity index (χ4n) is 1.35. The van der Waals surface area contributed by atoms with E-state index >= 15 is 0 Å². The molecule has 0 unspecified atom stereocenters. The molecule has 0 bridgehead atoms. The van der Waals surface area contributed by atoms with Crippen molar-refractivity contribution < 1.29 is 22.0 Å². The monoisotopic (exact) mass is 329 g/mol. The largest absolute Gasteiger partial charge is 0.455 e. The number of rotatable bonds is 2. The highest BCUT2D eigenvalue weighted by Crippen LogP contribution is 2.37. The number of alkyl halides is 5. The van der Waals surface area contributed by atoms with Gasteiger partial charge < -0.3 is 0 Å². The fraction of sp³-hybridized carbons (Fsp3) is 0.333. The van der Waals surface area contributed by atoms with Crippen LogP contribution in [0.5, 0.6) is 0 Å². The number of nitrogens with zero attached hydrogens (tertiary/aromatic N) is 3. The molecule has 2 aromatic rings. The molecule has 2 heterocycles. The first-order chi connectivity index (χ1) is 8.21. The van der Waals surface area contributed by atoms with Crippen LogP contribution in [0.25, 0.3) is 10.9 Å². The van der Waals surface area contributed by atoms with Crippen LogP contribution in [-0.4, -0.2) is 26.9 Å². The van der Waals surface area contributed by atoms with Crippen LogP contribution in [0.2, 0.25) is 0 Å². The first kappa shape index (κ1) is 13.2. The van der Waals surface area contributed by atoms with Crippen LogP contribution >= 0.6 is 15.9 Å². The molecule has 0 amide bonds. The number of hydrogen-bond donors (Lipinski definition) is 0. The van der Waals surface area contributed by atoms with Crippen LogP contribution in [-0.2, 0) is 6.54 Å². The summed E-state index contributed by atoms with van der Waals surface area (Å²) in [5, 5.41) is 3.94. The zero-order valence-corrected chi connectivity index (χ0v) is 10.1. The van der Waals surface area contributed by atoms with Gasteiger partial charge in [-0.2, -0.15) is 27.1 Å². The second kappa shape index (κ2) is 4.15. The molecular weight excluding hydrogens is 325 g/mol. The molecule has 0 aliphatic rings. The van der Waals surface area contributed by atoms with E-state index in [4.69, 9.17) is 0 Å². The zero-order chi connectivity index (χ0) is 13.6. The van der Waals surface area contributed by atoms with Crippen molar-refractivity contribution in [2.24, 2.45) is 0 Å². The Hall–Kier alpha value is -1.25. The van der Waals surface area contributed by atoms with Crippen LogP contribution in [0.3, 0.4) is 0 Å². The van der Waals surface area contributed by atoms with Gasteiger partial charge in [0.2, 0.25) is 0 Å². The van der Waals surface area contributed by atoms with E-state index in [1.807, 2.05) is 0 Å². The number of aromatic nitrogens is 3. The van der Waals surface area contributed by atoms with Crippen molar-refractivity contribution >= 4 is 26.8 Å². The van der Waals surface area contributed by atoms with Gasteiger partial charge in [0.15, 0.2) is 0 Å². The fourth-order valence-corrected chi connectivity index (χ4v) is 1.70. The molecule has 0 aliphatic carbocycles. The van der Waals surface area contributed by atoms with E-state index in [9.17, 15) is 22.0 Å². The van der Waals surface area contributed by atoms with Crippen LogP contribution in [0, 0.1) is 0 Å². The minimum atomic E-state index is -5.60. The molecule has 0 spiro atoms. The molecular formula is C9H5BrF5N3. The Morgan fingerprint density at radius 3 is 2.44 bits per heavy atom. The maximum Gasteiger partial charge on any atom is 0.455 e. The highest BCUT2D eigenvalue weighted by molar-refractivity contribution is 9.10. The van der Waals surface area contributed by atoms with Gasteiger partial charge in [0.05, 0.1) is 17.9 Å². The Balaban J connectivity index is 2.39. The van der Waals surface area contributed by atoms with Gasteiger partial charge in [-0.1, -0.05) is 0 Å². The topological polar surface area (TPSA) is 30.7 Å². The summed E-state index contributed by atoms with van der Waals surface area (Å²) in [6.07, 6.45) is -3.22. The average molecular weight is 330 g/mol. The van der Waals surface area contributed by atoms with E-state index in [-0.39, 0.29) is 5.52 Å². The van der Waals surface area contributed by atoms with Gasteiger partial charge in [-0.3, -0.25) is 4.68 Å². The molecule has 0 saturated heterocycles. The highest BCUT2D eigenvalue weighted by atomic mass is 79.9. The highest BCUT2D eigenvalue weighted by Gasteiger charge is 2.57. The third kappa shape index (κ3) is 2.31. The molecule has 0 N–H and O–H groups in total. The first-order valence-electron chi connectivity index (χ1n) is 4.62. The van der Waals surface area contributed by atoms with Crippen molar-refractivity contribution in [2.75, 3.05) is 0 Å². The van der Waals surface area contributed by atoms with Crippen LogP contribution in [0.1, 0.15) is 0 Å². The van der Waals surface area contributed by atoms with Crippen molar-refractivity contribution in [1.82, 2.24) is 14.8 Å². The van der Waals surface area contributed by atoms with Crippen LogP contribution in [0.15, 0.2) is 23.1 Å². The number of pyridine rings is 1. The normalized spacial score (nSPS) is 13.2. The first-order valence-corrected chi connectivity index (χ1v) is 5.41. The zero-order valence-electron chi connectivity index (χ0n) is 8.55. The summed E-state index contributed by atoms with van der Waals surface area (Å²) in [6.45, 7) is -1.57. The maximum absolute atomic E-state index is 12.9. The quantitative estimate of drug-likeness (QED) is 0.624. The molecule has 3 nitrogen and oxygen atoms in total. The number of halogens is 6. The molecule has 0 saturated carbocycles. The van der Waals surface area contributed by atoms with E-state index in [1.54, 1.807) is 0 Å². The van der Waals surface area contributed by atoms with E-state index < -0.39 is 18.6 Å². The van der Waals surface area contributed by atoms with E-state index in [0.717, 1.165) is 0 Å². The number of hydrogen-bond acceptors (Lipinski definition) is 2. The third-order valence-electron chi connectivity index (χ3n) is 2.26. The second-order valence-electron chi connectivity index (χ2n) is 3.57. The molecule has 0 fully saturated rings. The Kier molecular flexibility index (Phi) is 3.04. The van der Waals surface area contributed by atoms with Crippen LogP contribution in [0.4, 0.5) is 22.0 Å². The molecule has 0 radical (unpaired) electrons. The Labute approximate surface area is 106 Å². The maximum atomic E-state index is 12.9. The lowest BCUT2D eigenvalue weighted by Crippen LogP contribution is -2.40. The lowest BCUT2D eigenvalue weighted by molar-refractivity contribution is -0.287. The Bertz CT molecular complexity index is 577. The Morgan fingerprint density at radius 1 is 1.17 bits per heavy atom. The minimum absolute atomic E-state index is 0.113. The van der Waals surface area contributed by atoms with E-state index in [0.29, 0.717) is 14.7 Å². The summed E-state index contributed by atoms with van der Waals surface area (Å²) in [5.41, 5.74) is 0.113. The molecule has 0 atom stereocenters. The van der Waals surface area contributed by atoms with Crippen molar-refractivity contribution in [3.8, 4) is 0 Å². The molecule has 2 aromatic heterocycles. The van der Waals surface area contributed by atoms with Crippen molar-refractivity contribution in [3.05, 3.63) is 23.1 Å². The molecule has 0 aliphatic heterocycles. The predicted octanol–water partition coefficient (Wildman–Crippen LogP) is 3.39. The molecule has 98 valence electrons. The van der Waals surface area contributed by atoms with E-state index in [1.165, 1.54) is 18.5 Å². The lowest BCUT2D eigenvalue weighted by Gasteiger charge is -2.19. The van der Waals surface area contributed by atoms with Crippen molar-refractivity contribution in [1.29, 1.82) is 0 Å². The Morgan fingerprint density at radius 2 is 1.83 bits per heavy atom. The number of fused-ring (bicyclic) bond motifs is 1. The lowest BCUT2D eigenvalue weighted by atomic mass is 10.3. The van der Waals surface area contributed by atoms with Gasteiger partial charge in [0.1, 0.15) is 11.1 Å². The summed E-state index contributed by atoms with van der Waals surface area (Å²) >= 11 is 3.06. The second-order valence-corrected chi connectivity index (χ2v) is 4.38. The van der Waals surface area contributed by atoms with Gasteiger partial charge >= 0.3 is 12.1 Å². The van der Waals surface area contributed by atoms with Gasteiger partial charge in [-0.25, -0.2) is 4.98 Å². The molecule has 9 heteroatoms. The SMILES string of the molecule is FC(F)(F)C(F)(F)Cn1ncc2cc(Br)ncc21. The van der Waals surface area contributed by atoms with E-state index in [2.05, 4.69) is 26.0 Å². The van der Waals surface area contributed by atoms with Crippen molar-refractivity contribution in [3.63, 3.8) is 0 Å². The average Bonchev–Trinajstić information content (AvgIpc) is 2.58. The molecule has 0 aromatic carbocycles. The summed E-state index contributed by atoms with van der Waals surface area (Å²) in [4.78, 5) is 3.76. The standard InChI is InChI=1S/C9H5BrF5N3/c10-7-1-5-2-17-18(6(5)3-16-7)4-8(11,12)9(13,14)15/h1-3H,4H2. The summed E-state index contributed by atoms with van der Waals surface area (Å²) in [5.74, 6) is -4.83. The summed E-state index contributed by atoms with van der Waals surface area (Å²) < 4.78 is 63.0. The summed E-state index contributed by atoms with van der Waals surface area (Å²) in [6, 6.07) is 1.48. The minimum Gasteiger partial charge on any atom is -0.257 e. The smallest absolute Gasteiger partial charge is 0.257 e. The van der Waals surface area contributed by atoms with Crippen molar-refractivity contribution in [2.45, 2.75) is 18.6 Å². The van der Waals surface area contributed by atoms with Crippen LogP contribution < -0.4 is 0 Å². The third-order valence-corrected chi connectivity index (χ3v) is 2.69.